The molecule has 0 aliphatic heterocycles. The van der Waals surface area contributed by atoms with Crippen molar-refractivity contribution in [2.45, 2.75) is 12.6 Å². The maximum absolute atomic E-state index is 10.1. The number of hydrogen-bond donors (Lipinski definition) is 2. The van der Waals surface area contributed by atoms with Crippen LogP contribution in [0.2, 0.25) is 10.0 Å². The second kappa shape index (κ2) is 6.91. The normalized spacial score (nSPS) is 12.6. The molecule has 1 atom stereocenters. The third-order valence-corrected chi connectivity index (χ3v) is 3.31. The molecular formula is C13H15Cl2N3O. The van der Waals surface area contributed by atoms with Gasteiger partial charge in [-0.3, -0.25) is 4.68 Å². The number of aromatic nitrogens is 2. The molecule has 0 radical (unpaired) electrons. The molecule has 0 amide bonds. The smallest absolute Gasteiger partial charge is 0.0929 e. The second-order valence-electron chi connectivity index (χ2n) is 4.15. The summed E-state index contributed by atoms with van der Waals surface area (Å²) in [5, 5.41) is 18.4. The van der Waals surface area contributed by atoms with E-state index in [1.54, 1.807) is 24.4 Å². The van der Waals surface area contributed by atoms with Gasteiger partial charge in [-0.1, -0.05) is 23.2 Å². The lowest BCUT2D eigenvalue weighted by atomic mass is 10.1. The van der Waals surface area contributed by atoms with E-state index in [1.807, 2.05) is 16.9 Å². The van der Waals surface area contributed by atoms with Crippen molar-refractivity contribution in [2.24, 2.45) is 0 Å². The van der Waals surface area contributed by atoms with Crippen molar-refractivity contribution in [1.29, 1.82) is 0 Å². The summed E-state index contributed by atoms with van der Waals surface area (Å²) < 4.78 is 1.83. The quantitative estimate of drug-likeness (QED) is 0.806. The molecule has 2 N–H and O–H groups in total. The molecule has 0 unspecified atom stereocenters. The van der Waals surface area contributed by atoms with Gasteiger partial charge in [0.1, 0.15) is 0 Å². The van der Waals surface area contributed by atoms with E-state index in [-0.39, 0.29) is 0 Å². The third kappa shape index (κ3) is 4.21. The SMILES string of the molecule is O[C@H](CNCCn1cccn1)c1cc(Cl)ccc1Cl. The first-order valence-electron chi connectivity index (χ1n) is 5.98. The van der Waals surface area contributed by atoms with Gasteiger partial charge in [0, 0.05) is 41.1 Å². The molecule has 2 rings (SSSR count). The molecule has 6 heteroatoms. The van der Waals surface area contributed by atoms with Crippen LogP contribution in [0.3, 0.4) is 0 Å². The average molecular weight is 300 g/mol. The molecule has 0 saturated carbocycles. The van der Waals surface area contributed by atoms with Gasteiger partial charge >= 0.3 is 0 Å². The minimum Gasteiger partial charge on any atom is -0.387 e. The number of halogens is 2. The summed E-state index contributed by atoms with van der Waals surface area (Å²) in [6.45, 7) is 1.89. The third-order valence-electron chi connectivity index (χ3n) is 2.73. The highest BCUT2D eigenvalue weighted by Gasteiger charge is 2.11. The topological polar surface area (TPSA) is 50.1 Å². The van der Waals surface area contributed by atoms with Crippen molar-refractivity contribution in [3.05, 3.63) is 52.3 Å². The molecular weight excluding hydrogens is 285 g/mol. The van der Waals surface area contributed by atoms with Crippen molar-refractivity contribution in [1.82, 2.24) is 15.1 Å². The summed E-state index contributed by atoms with van der Waals surface area (Å²) in [6.07, 6.45) is 2.95. The van der Waals surface area contributed by atoms with Gasteiger partial charge < -0.3 is 10.4 Å². The molecule has 4 nitrogen and oxygen atoms in total. The van der Waals surface area contributed by atoms with E-state index in [4.69, 9.17) is 23.2 Å². The Balaban J connectivity index is 1.80. The van der Waals surface area contributed by atoms with Crippen LogP contribution in [-0.2, 0) is 6.54 Å². The minimum absolute atomic E-state index is 0.418. The maximum Gasteiger partial charge on any atom is 0.0929 e. The number of hydrogen-bond acceptors (Lipinski definition) is 3. The van der Waals surface area contributed by atoms with E-state index in [1.165, 1.54) is 0 Å². The predicted octanol–water partition coefficient (Wildman–Crippen LogP) is 2.51. The number of rotatable bonds is 6. The van der Waals surface area contributed by atoms with Gasteiger partial charge in [0.2, 0.25) is 0 Å². The highest BCUT2D eigenvalue weighted by Crippen LogP contribution is 2.25. The summed E-state index contributed by atoms with van der Waals surface area (Å²) in [6, 6.07) is 6.95. The number of nitrogens with zero attached hydrogens (tertiary/aromatic N) is 2. The highest BCUT2D eigenvalue weighted by molar-refractivity contribution is 6.33. The van der Waals surface area contributed by atoms with Gasteiger partial charge in [-0.2, -0.15) is 5.10 Å². The molecule has 1 aromatic carbocycles. The van der Waals surface area contributed by atoms with Crippen LogP contribution in [0.25, 0.3) is 0 Å². The van der Waals surface area contributed by atoms with Crippen LogP contribution in [0, 0.1) is 0 Å². The van der Waals surface area contributed by atoms with Gasteiger partial charge in [-0.25, -0.2) is 0 Å². The average Bonchev–Trinajstić information content (AvgIpc) is 2.90. The van der Waals surface area contributed by atoms with E-state index in [0.29, 0.717) is 22.2 Å². The Kier molecular flexibility index (Phi) is 5.22. The lowest BCUT2D eigenvalue weighted by molar-refractivity contribution is 0.174. The second-order valence-corrected chi connectivity index (χ2v) is 5.00. The largest absolute Gasteiger partial charge is 0.387 e. The summed E-state index contributed by atoms with van der Waals surface area (Å²) in [5.74, 6) is 0. The molecule has 0 saturated heterocycles. The van der Waals surface area contributed by atoms with Gasteiger partial charge in [0.15, 0.2) is 0 Å². The number of aliphatic hydroxyl groups excluding tert-OH is 1. The van der Waals surface area contributed by atoms with E-state index < -0.39 is 6.10 Å². The van der Waals surface area contributed by atoms with Crippen LogP contribution < -0.4 is 5.32 Å². The van der Waals surface area contributed by atoms with Gasteiger partial charge in [-0.15, -0.1) is 0 Å². The van der Waals surface area contributed by atoms with Crippen LogP contribution in [0.4, 0.5) is 0 Å². The molecule has 0 fully saturated rings. The molecule has 0 bridgehead atoms. The van der Waals surface area contributed by atoms with E-state index >= 15 is 0 Å². The molecule has 0 aliphatic carbocycles. The molecule has 102 valence electrons. The Labute approximate surface area is 122 Å². The lowest BCUT2D eigenvalue weighted by Gasteiger charge is -2.14. The fourth-order valence-electron chi connectivity index (χ4n) is 1.75. The number of benzene rings is 1. The summed E-state index contributed by atoms with van der Waals surface area (Å²) in [5.41, 5.74) is 0.640. The van der Waals surface area contributed by atoms with Crippen molar-refractivity contribution in [2.75, 3.05) is 13.1 Å². The van der Waals surface area contributed by atoms with Crippen molar-refractivity contribution < 1.29 is 5.11 Å². The fraction of sp³-hybridized carbons (Fsp3) is 0.308. The zero-order valence-corrected chi connectivity index (χ0v) is 11.8. The highest BCUT2D eigenvalue weighted by atomic mass is 35.5. The number of nitrogens with one attached hydrogen (secondary N) is 1. The van der Waals surface area contributed by atoms with Crippen LogP contribution >= 0.6 is 23.2 Å². The van der Waals surface area contributed by atoms with Gasteiger partial charge in [0.05, 0.1) is 12.6 Å². The Bertz CT molecular complexity index is 517. The van der Waals surface area contributed by atoms with Crippen LogP contribution in [0.1, 0.15) is 11.7 Å². The maximum atomic E-state index is 10.1. The molecule has 0 aliphatic rings. The number of aliphatic hydroxyl groups is 1. The van der Waals surface area contributed by atoms with E-state index in [9.17, 15) is 5.11 Å². The Morgan fingerprint density at radius 2 is 2.21 bits per heavy atom. The molecule has 19 heavy (non-hydrogen) atoms. The zero-order chi connectivity index (χ0) is 13.7. The van der Waals surface area contributed by atoms with Gasteiger partial charge in [0.25, 0.3) is 0 Å². The molecule has 0 spiro atoms. The first kappa shape index (κ1) is 14.3. The van der Waals surface area contributed by atoms with E-state index in [2.05, 4.69) is 10.4 Å². The van der Waals surface area contributed by atoms with Crippen molar-refractivity contribution in [3.8, 4) is 0 Å². The standard InChI is InChI=1S/C13H15Cl2N3O/c14-10-2-3-12(15)11(8-10)13(19)9-16-5-7-18-6-1-4-17-18/h1-4,6,8,13,16,19H,5,7,9H2/t13-/m1/s1. The van der Waals surface area contributed by atoms with Crippen LogP contribution in [0.5, 0.6) is 0 Å². The Morgan fingerprint density at radius 1 is 1.37 bits per heavy atom. The van der Waals surface area contributed by atoms with Crippen LogP contribution in [0.15, 0.2) is 36.7 Å². The fourth-order valence-corrected chi connectivity index (χ4v) is 2.17. The Morgan fingerprint density at radius 3 is 2.95 bits per heavy atom. The zero-order valence-electron chi connectivity index (χ0n) is 10.3. The van der Waals surface area contributed by atoms with Crippen LogP contribution in [-0.4, -0.2) is 28.0 Å². The van der Waals surface area contributed by atoms with Gasteiger partial charge in [-0.05, 0) is 24.3 Å². The summed E-state index contributed by atoms with van der Waals surface area (Å²) in [7, 11) is 0. The predicted molar refractivity (Wildman–Crippen MR) is 76.5 cm³/mol. The van der Waals surface area contributed by atoms with Crippen molar-refractivity contribution >= 4 is 23.2 Å². The van der Waals surface area contributed by atoms with Crippen molar-refractivity contribution in [3.63, 3.8) is 0 Å². The molecule has 1 aromatic heterocycles. The molecule has 1 heterocycles. The summed E-state index contributed by atoms with van der Waals surface area (Å²) in [4.78, 5) is 0. The van der Waals surface area contributed by atoms with E-state index in [0.717, 1.165) is 13.1 Å². The first-order valence-corrected chi connectivity index (χ1v) is 6.73. The Hall–Kier alpha value is -1.07. The minimum atomic E-state index is -0.677. The molecule has 2 aromatic rings. The lowest BCUT2D eigenvalue weighted by Crippen LogP contribution is -2.25. The monoisotopic (exact) mass is 299 g/mol. The summed E-state index contributed by atoms with van der Waals surface area (Å²) >= 11 is 11.9. The first-order chi connectivity index (χ1) is 9.16.